The van der Waals surface area contributed by atoms with E-state index in [1.165, 1.54) is 30.6 Å². The largest absolute Gasteiger partial charge is 0.335 e. The van der Waals surface area contributed by atoms with Crippen molar-refractivity contribution in [3.05, 3.63) is 5.01 Å². The highest BCUT2D eigenvalue weighted by Crippen LogP contribution is 2.42. The number of amides is 2. The summed E-state index contributed by atoms with van der Waals surface area (Å²) in [5, 5.41) is 16.3. The first kappa shape index (κ1) is 13.2. The Morgan fingerprint density at radius 1 is 1.32 bits per heavy atom. The van der Waals surface area contributed by atoms with E-state index in [0.717, 1.165) is 17.8 Å². The molecule has 3 rings (SSSR count). The van der Waals surface area contributed by atoms with Crippen LogP contribution in [0.4, 0.5) is 9.93 Å². The summed E-state index contributed by atoms with van der Waals surface area (Å²) < 4.78 is 0. The van der Waals surface area contributed by atoms with Gasteiger partial charge in [0.15, 0.2) is 0 Å². The smallest absolute Gasteiger partial charge is 0.321 e. The van der Waals surface area contributed by atoms with Gasteiger partial charge in [-0.05, 0) is 38.4 Å². The molecule has 104 valence electrons. The fraction of sp³-hybridized carbons (Fsp3) is 0.750. The Labute approximate surface area is 121 Å². The topological polar surface area (TPSA) is 66.9 Å². The Balaban J connectivity index is 1.47. The maximum absolute atomic E-state index is 11.9. The van der Waals surface area contributed by atoms with Crippen molar-refractivity contribution < 1.29 is 4.79 Å². The Kier molecular flexibility index (Phi) is 3.93. The van der Waals surface area contributed by atoms with Crippen LogP contribution in [-0.4, -0.2) is 33.8 Å². The first-order valence-electron chi connectivity index (χ1n) is 6.68. The maximum Gasteiger partial charge on any atom is 0.321 e. The fourth-order valence-corrected chi connectivity index (χ4v) is 4.09. The third kappa shape index (κ3) is 3.39. The van der Waals surface area contributed by atoms with Gasteiger partial charge in [-0.25, -0.2) is 4.79 Å². The highest BCUT2D eigenvalue weighted by Gasteiger charge is 2.28. The predicted octanol–water partition coefficient (Wildman–Crippen LogP) is 2.82. The van der Waals surface area contributed by atoms with Crippen molar-refractivity contribution in [3.63, 3.8) is 0 Å². The number of thioether (sulfide) groups is 1. The number of rotatable bonds is 4. The SMILES string of the molecule is CS[C@@H]1CC[C@H](NC(=O)Nc2nnc(C3CC3)s2)C1. The van der Waals surface area contributed by atoms with Crippen LogP contribution in [0.15, 0.2) is 0 Å². The second kappa shape index (κ2) is 5.66. The molecule has 2 amide bonds. The van der Waals surface area contributed by atoms with E-state index in [0.29, 0.717) is 22.3 Å². The fourth-order valence-electron chi connectivity index (χ4n) is 2.38. The van der Waals surface area contributed by atoms with Gasteiger partial charge in [-0.15, -0.1) is 10.2 Å². The van der Waals surface area contributed by atoms with Gasteiger partial charge < -0.3 is 5.32 Å². The zero-order valence-electron chi connectivity index (χ0n) is 10.9. The van der Waals surface area contributed by atoms with E-state index in [1.54, 1.807) is 0 Å². The van der Waals surface area contributed by atoms with Gasteiger partial charge in [0.25, 0.3) is 0 Å². The van der Waals surface area contributed by atoms with Gasteiger partial charge in [-0.1, -0.05) is 11.3 Å². The number of aromatic nitrogens is 2. The number of anilines is 1. The van der Waals surface area contributed by atoms with E-state index in [4.69, 9.17) is 0 Å². The van der Waals surface area contributed by atoms with Gasteiger partial charge in [0.2, 0.25) is 5.13 Å². The molecule has 2 aliphatic carbocycles. The lowest BCUT2D eigenvalue weighted by molar-refractivity contribution is 0.248. The summed E-state index contributed by atoms with van der Waals surface area (Å²) in [6, 6.07) is 0.151. The van der Waals surface area contributed by atoms with Crippen LogP contribution in [0.2, 0.25) is 0 Å². The molecule has 2 aliphatic rings. The van der Waals surface area contributed by atoms with Crippen molar-refractivity contribution in [1.29, 1.82) is 0 Å². The van der Waals surface area contributed by atoms with Crippen molar-refractivity contribution in [2.45, 2.75) is 49.3 Å². The molecule has 0 aromatic carbocycles. The van der Waals surface area contributed by atoms with Gasteiger partial charge >= 0.3 is 6.03 Å². The summed E-state index contributed by atoms with van der Waals surface area (Å²) in [6.07, 6.45) is 7.88. The van der Waals surface area contributed by atoms with Crippen LogP contribution >= 0.6 is 23.1 Å². The molecule has 0 bridgehead atoms. The third-order valence-electron chi connectivity index (χ3n) is 3.64. The van der Waals surface area contributed by atoms with E-state index < -0.39 is 0 Å². The van der Waals surface area contributed by atoms with Gasteiger partial charge in [0, 0.05) is 17.2 Å². The number of carbonyl (C=O) groups excluding carboxylic acids is 1. The summed E-state index contributed by atoms with van der Waals surface area (Å²) in [5.74, 6) is 0.591. The third-order valence-corrected chi connectivity index (χ3v) is 5.74. The molecule has 5 nitrogen and oxygen atoms in total. The number of nitrogens with zero attached hydrogens (tertiary/aromatic N) is 2. The van der Waals surface area contributed by atoms with Gasteiger partial charge in [0.05, 0.1) is 0 Å². The molecule has 0 spiro atoms. The maximum atomic E-state index is 11.9. The van der Waals surface area contributed by atoms with Crippen molar-refractivity contribution in [2.24, 2.45) is 0 Å². The standard InChI is InChI=1S/C12H18N4OS2/c1-18-9-5-4-8(6-9)13-11(17)14-12-16-15-10(19-12)7-2-3-7/h7-9H,2-6H2,1H3,(H2,13,14,16,17)/t8-,9+/m0/s1. The van der Waals surface area contributed by atoms with Crippen LogP contribution in [0, 0.1) is 0 Å². The van der Waals surface area contributed by atoms with E-state index in [1.807, 2.05) is 11.8 Å². The Morgan fingerprint density at radius 3 is 2.84 bits per heavy atom. The molecule has 2 fully saturated rings. The van der Waals surface area contributed by atoms with Crippen molar-refractivity contribution >= 4 is 34.3 Å². The van der Waals surface area contributed by atoms with E-state index in [9.17, 15) is 4.79 Å². The molecule has 19 heavy (non-hydrogen) atoms. The molecule has 2 atom stereocenters. The second-order valence-corrected chi connectivity index (χ2v) is 7.33. The molecule has 0 saturated heterocycles. The molecular weight excluding hydrogens is 280 g/mol. The van der Waals surface area contributed by atoms with Crippen LogP contribution in [0.1, 0.15) is 43.0 Å². The average molecular weight is 298 g/mol. The van der Waals surface area contributed by atoms with Gasteiger partial charge in [0.1, 0.15) is 5.01 Å². The van der Waals surface area contributed by atoms with Crippen molar-refractivity contribution in [2.75, 3.05) is 11.6 Å². The first-order valence-corrected chi connectivity index (χ1v) is 8.78. The molecule has 0 aliphatic heterocycles. The lowest BCUT2D eigenvalue weighted by Crippen LogP contribution is -2.36. The zero-order valence-corrected chi connectivity index (χ0v) is 12.5. The Bertz CT molecular complexity index is 460. The summed E-state index contributed by atoms with van der Waals surface area (Å²) in [4.78, 5) is 11.9. The minimum absolute atomic E-state index is 0.148. The number of nitrogens with one attached hydrogen (secondary N) is 2. The molecule has 2 N–H and O–H groups in total. The second-order valence-electron chi connectivity index (χ2n) is 5.19. The van der Waals surface area contributed by atoms with Crippen LogP contribution in [-0.2, 0) is 0 Å². The molecule has 1 aromatic rings. The quantitative estimate of drug-likeness (QED) is 0.897. The predicted molar refractivity (Wildman–Crippen MR) is 79.0 cm³/mol. The monoisotopic (exact) mass is 298 g/mol. The van der Waals surface area contributed by atoms with Gasteiger partial charge in [-0.3, -0.25) is 5.32 Å². The van der Waals surface area contributed by atoms with Crippen LogP contribution in [0.25, 0.3) is 0 Å². The van der Waals surface area contributed by atoms with Gasteiger partial charge in [-0.2, -0.15) is 11.8 Å². The highest BCUT2D eigenvalue weighted by atomic mass is 32.2. The molecule has 2 saturated carbocycles. The van der Waals surface area contributed by atoms with Crippen molar-refractivity contribution in [1.82, 2.24) is 15.5 Å². The first-order chi connectivity index (χ1) is 9.24. The van der Waals surface area contributed by atoms with E-state index in [2.05, 4.69) is 27.1 Å². The summed E-state index contributed by atoms with van der Waals surface area (Å²) in [5.41, 5.74) is 0. The van der Waals surface area contributed by atoms with E-state index in [-0.39, 0.29) is 6.03 Å². The number of hydrogen-bond donors (Lipinski definition) is 2. The normalized spacial score (nSPS) is 26.4. The molecule has 7 heteroatoms. The van der Waals surface area contributed by atoms with Crippen molar-refractivity contribution in [3.8, 4) is 0 Å². The lowest BCUT2D eigenvalue weighted by Gasteiger charge is -2.12. The number of hydrogen-bond acceptors (Lipinski definition) is 5. The minimum atomic E-state index is -0.148. The molecular formula is C12H18N4OS2. The van der Waals surface area contributed by atoms with Crippen LogP contribution < -0.4 is 10.6 Å². The van der Waals surface area contributed by atoms with Crippen LogP contribution in [0.3, 0.4) is 0 Å². The molecule has 1 aromatic heterocycles. The Morgan fingerprint density at radius 2 is 2.16 bits per heavy atom. The summed E-state index contributed by atoms with van der Waals surface area (Å²) in [7, 11) is 0. The Hall–Kier alpha value is -0.820. The highest BCUT2D eigenvalue weighted by molar-refractivity contribution is 7.99. The molecule has 1 heterocycles. The molecule has 0 radical (unpaired) electrons. The average Bonchev–Trinajstić information content (AvgIpc) is 2.98. The van der Waals surface area contributed by atoms with E-state index >= 15 is 0 Å². The number of urea groups is 1. The zero-order chi connectivity index (χ0) is 13.2. The summed E-state index contributed by atoms with van der Waals surface area (Å²) in [6.45, 7) is 0. The number of carbonyl (C=O) groups is 1. The summed E-state index contributed by atoms with van der Waals surface area (Å²) >= 11 is 3.39. The lowest BCUT2D eigenvalue weighted by atomic mass is 10.2. The molecule has 0 unspecified atom stereocenters. The minimum Gasteiger partial charge on any atom is -0.335 e. The van der Waals surface area contributed by atoms with Crippen LogP contribution in [0.5, 0.6) is 0 Å².